The first kappa shape index (κ1) is 14.0. The Morgan fingerprint density at radius 1 is 1.37 bits per heavy atom. The summed E-state index contributed by atoms with van der Waals surface area (Å²) in [5, 5.41) is 4.62. The van der Waals surface area contributed by atoms with E-state index in [0.29, 0.717) is 6.54 Å². The minimum atomic E-state index is 0.102. The standard InChI is InChI=1S/C15H20N2OS/c1-10-12-7-5-6-8-13(12)19-15(10)11(2)16-9-14(18)17(3)4/h5-8,11,16H,9H2,1-4H3. The van der Waals surface area contributed by atoms with Crippen LogP contribution < -0.4 is 5.32 Å². The average Bonchev–Trinajstić information content (AvgIpc) is 2.73. The van der Waals surface area contributed by atoms with E-state index >= 15 is 0 Å². The molecule has 0 aliphatic carbocycles. The van der Waals surface area contributed by atoms with Crippen LogP contribution >= 0.6 is 11.3 Å². The molecule has 0 saturated heterocycles. The van der Waals surface area contributed by atoms with Crippen LogP contribution in [0.4, 0.5) is 0 Å². The van der Waals surface area contributed by atoms with Gasteiger partial charge >= 0.3 is 0 Å². The van der Waals surface area contributed by atoms with E-state index in [1.165, 1.54) is 20.5 Å². The molecule has 1 aromatic carbocycles. The summed E-state index contributed by atoms with van der Waals surface area (Å²) in [6.07, 6.45) is 0. The number of thiophene rings is 1. The van der Waals surface area contributed by atoms with E-state index in [2.05, 4.69) is 43.4 Å². The van der Waals surface area contributed by atoms with Crippen molar-refractivity contribution < 1.29 is 4.79 Å². The number of fused-ring (bicyclic) bond motifs is 1. The van der Waals surface area contributed by atoms with E-state index < -0.39 is 0 Å². The molecule has 0 aliphatic heterocycles. The lowest BCUT2D eigenvalue weighted by Gasteiger charge is -2.15. The molecule has 0 fully saturated rings. The van der Waals surface area contributed by atoms with Crippen LogP contribution in [0.15, 0.2) is 24.3 Å². The summed E-state index contributed by atoms with van der Waals surface area (Å²) >= 11 is 1.80. The first-order valence-corrected chi connectivity index (χ1v) is 7.24. The number of benzene rings is 1. The molecule has 1 aromatic heterocycles. The van der Waals surface area contributed by atoms with Crippen LogP contribution in [-0.4, -0.2) is 31.4 Å². The van der Waals surface area contributed by atoms with Gasteiger partial charge in [-0.1, -0.05) is 18.2 Å². The zero-order valence-electron chi connectivity index (χ0n) is 11.9. The van der Waals surface area contributed by atoms with Crippen LogP contribution in [0.1, 0.15) is 23.4 Å². The zero-order chi connectivity index (χ0) is 14.0. The van der Waals surface area contributed by atoms with Gasteiger partial charge < -0.3 is 10.2 Å². The van der Waals surface area contributed by atoms with Crippen molar-refractivity contribution in [1.29, 1.82) is 0 Å². The third-order valence-corrected chi connectivity index (χ3v) is 4.79. The molecule has 0 spiro atoms. The van der Waals surface area contributed by atoms with Crippen LogP contribution in [0, 0.1) is 6.92 Å². The molecule has 0 saturated carbocycles. The highest BCUT2D eigenvalue weighted by Gasteiger charge is 2.15. The second-order valence-electron chi connectivity index (χ2n) is 4.98. The molecular formula is C15H20N2OS. The van der Waals surface area contributed by atoms with Gasteiger partial charge in [0, 0.05) is 29.7 Å². The topological polar surface area (TPSA) is 32.3 Å². The third kappa shape index (κ3) is 2.96. The fourth-order valence-electron chi connectivity index (χ4n) is 2.10. The van der Waals surface area contributed by atoms with Gasteiger partial charge in [-0.25, -0.2) is 0 Å². The molecule has 1 unspecified atom stereocenters. The van der Waals surface area contributed by atoms with Gasteiger partial charge in [-0.2, -0.15) is 0 Å². The molecule has 4 heteroatoms. The summed E-state index contributed by atoms with van der Waals surface area (Å²) in [6, 6.07) is 8.63. The van der Waals surface area contributed by atoms with E-state index in [9.17, 15) is 4.79 Å². The van der Waals surface area contributed by atoms with Crippen molar-refractivity contribution in [3.05, 3.63) is 34.7 Å². The lowest BCUT2D eigenvalue weighted by molar-refractivity contribution is -0.127. The maximum atomic E-state index is 11.6. The number of carbonyl (C=O) groups is 1. The molecule has 2 rings (SSSR count). The molecule has 19 heavy (non-hydrogen) atoms. The Hall–Kier alpha value is -1.39. The highest BCUT2D eigenvalue weighted by atomic mass is 32.1. The second kappa shape index (κ2) is 5.72. The lowest BCUT2D eigenvalue weighted by Crippen LogP contribution is -2.34. The maximum absolute atomic E-state index is 11.6. The number of nitrogens with zero attached hydrogens (tertiary/aromatic N) is 1. The summed E-state index contributed by atoms with van der Waals surface area (Å²) in [7, 11) is 3.55. The highest BCUT2D eigenvalue weighted by Crippen LogP contribution is 2.34. The van der Waals surface area contributed by atoms with Gasteiger partial charge in [0.25, 0.3) is 0 Å². The molecule has 0 aliphatic rings. The molecular weight excluding hydrogens is 256 g/mol. The monoisotopic (exact) mass is 276 g/mol. The van der Waals surface area contributed by atoms with E-state index in [-0.39, 0.29) is 11.9 Å². The smallest absolute Gasteiger partial charge is 0.236 e. The number of likely N-dealkylation sites (N-methyl/N-ethyl adjacent to an activating group) is 1. The first-order valence-electron chi connectivity index (χ1n) is 6.42. The number of hydrogen-bond acceptors (Lipinski definition) is 3. The lowest BCUT2D eigenvalue weighted by atomic mass is 10.1. The normalized spacial score (nSPS) is 12.6. The van der Waals surface area contributed by atoms with Gasteiger partial charge in [0.2, 0.25) is 5.91 Å². The average molecular weight is 276 g/mol. The van der Waals surface area contributed by atoms with Gasteiger partial charge in [-0.05, 0) is 30.9 Å². The highest BCUT2D eigenvalue weighted by molar-refractivity contribution is 7.19. The number of carbonyl (C=O) groups excluding carboxylic acids is 1. The van der Waals surface area contributed by atoms with E-state index in [1.807, 2.05) is 0 Å². The number of amides is 1. The second-order valence-corrected chi connectivity index (χ2v) is 6.06. The number of rotatable bonds is 4. The van der Waals surface area contributed by atoms with E-state index in [0.717, 1.165) is 0 Å². The molecule has 2 aromatic rings. The number of aryl methyl sites for hydroxylation is 1. The minimum absolute atomic E-state index is 0.102. The molecule has 0 bridgehead atoms. The summed E-state index contributed by atoms with van der Waals surface area (Å²) in [6.45, 7) is 4.64. The van der Waals surface area contributed by atoms with Gasteiger partial charge in [0.1, 0.15) is 0 Å². The van der Waals surface area contributed by atoms with Gasteiger partial charge in [-0.15, -0.1) is 11.3 Å². The Morgan fingerprint density at radius 2 is 2.05 bits per heavy atom. The molecule has 0 radical (unpaired) electrons. The molecule has 102 valence electrons. The van der Waals surface area contributed by atoms with Crippen molar-refractivity contribution >= 4 is 27.3 Å². The van der Waals surface area contributed by atoms with Crippen LogP contribution in [0.2, 0.25) is 0 Å². The predicted octanol–water partition coefficient (Wildman–Crippen LogP) is 2.95. The third-order valence-electron chi connectivity index (χ3n) is 3.33. The fourth-order valence-corrected chi connectivity index (χ4v) is 3.34. The Kier molecular flexibility index (Phi) is 4.22. The number of hydrogen-bond donors (Lipinski definition) is 1. The van der Waals surface area contributed by atoms with Crippen molar-refractivity contribution in [2.24, 2.45) is 0 Å². The Balaban J connectivity index is 2.15. The maximum Gasteiger partial charge on any atom is 0.236 e. The van der Waals surface area contributed by atoms with Crippen LogP contribution in [-0.2, 0) is 4.79 Å². The summed E-state index contributed by atoms with van der Waals surface area (Å²) in [5.41, 5.74) is 1.32. The van der Waals surface area contributed by atoms with Crippen LogP contribution in [0.5, 0.6) is 0 Å². The van der Waals surface area contributed by atoms with Crippen LogP contribution in [0.3, 0.4) is 0 Å². The fraction of sp³-hybridized carbons (Fsp3) is 0.400. The molecule has 1 amide bonds. The van der Waals surface area contributed by atoms with Crippen LogP contribution in [0.25, 0.3) is 10.1 Å². The first-order chi connectivity index (χ1) is 9.00. The molecule has 1 N–H and O–H groups in total. The molecule has 1 heterocycles. The van der Waals surface area contributed by atoms with Crippen molar-refractivity contribution in [2.45, 2.75) is 19.9 Å². The Bertz CT molecular complexity index is 589. The van der Waals surface area contributed by atoms with Crippen molar-refractivity contribution in [1.82, 2.24) is 10.2 Å². The molecule has 1 atom stereocenters. The minimum Gasteiger partial charge on any atom is -0.348 e. The quantitative estimate of drug-likeness (QED) is 0.931. The Morgan fingerprint density at radius 3 is 2.68 bits per heavy atom. The van der Waals surface area contributed by atoms with Gasteiger partial charge in [-0.3, -0.25) is 4.79 Å². The largest absolute Gasteiger partial charge is 0.348 e. The SMILES string of the molecule is Cc1c(C(C)NCC(=O)N(C)C)sc2ccccc12. The van der Waals surface area contributed by atoms with Gasteiger partial charge in [0.05, 0.1) is 6.54 Å². The van der Waals surface area contributed by atoms with Crippen molar-refractivity contribution in [3.8, 4) is 0 Å². The van der Waals surface area contributed by atoms with Crippen molar-refractivity contribution in [3.63, 3.8) is 0 Å². The summed E-state index contributed by atoms with van der Waals surface area (Å²) in [5.74, 6) is 0.102. The van der Waals surface area contributed by atoms with Gasteiger partial charge in [0.15, 0.2) is 0 Å². The summed E-state index contributed by atoms with van der Waals surface area (Å²) in [4.78, 5) is 14.5. The molecule has 3 nitrogen and oxygen atoms in total. The zero-order valence-corrected chi connectivity index (χ0v) is 12.7. The Labute approximate surface area is 118 Å². The van der Waals surface area contributed by atoms with E-state index in [4.69, 9.17) is 0 Å². The van der Waals surface area contributed by atoms with Crippen molar-refractivity contribution in [2.75, 3.05) is 20.6 Å². The summed E-state index contributed by atoms with van der Waals surface area (Å²) < 4.78 is 1.31. The van der Waals surface area contributed by atoms with E-state index in [1.54, 1.807) is 30.3 Å². The number of nitrogens with one attached hydrogen (secondary N) is 1. The predicted molar refractivity (Wildman–Crippen MR) is 81.7 cm³/mol.